The summed E-state index contributed by atoms with van der Waals surface area (Å²) in [5.74, 6) is -3.44. The van der Waals surface area contributed by atoms with Crippen LogP contribution >= 0.6 is 11.8 Å². The summed E-state index contributed by atoms with van der Waals surface area (Å²) in [6.45, 7) is -0.352. The molecule has 1 heterocycles. The highest BCUT2D eigenvalue weighted by molar-refractivity contribution is 7.99. The summed E-state index contributed by atoms with van der Waals surface area (Å²) in [6, 6.07) is 7.22. The Labute approximate surface area is 162 Å². The molecule has 0 aliphatic heterocycles. The van der Waals surface area contributed by atoms with E-state index in [2.05, 4.69) is 15.0 Å². The summed E-state index contributed by atoms with van der Waals surface area (Å²) in [7, 11) is -4.02. The van der Waals surface area contributed by atoms with Crippen molar-refractivity contribution in [3.8, 4) is 0 Å². The quantitative estimate of drug-likeness (QED) is 0.268. The number of nitrogens with one attached hydrogen (secondary N) is 2. The smallest absolute Gasteiger partial charge is 0.290 e. The van der Waals surface area contributed by atoms with E-state index < -0.39 is 26.6 Å². The Morgan fingerprint density at radius 3 is 2.68 bits per heavy atom. The van der Waals surface area contributed by atoms with Gasteiger partial charge in [-0.3, -0.25) is 14.9 Å². The number of sulfonamides is 1. The molecule has 13 heteroatoms. The minimum atomic E-state index is -4.02. The fourth-order valence-electron chi connectivity index (χ4n) is 2.05. The topological polar surface area (TPSA) is 131 Å². The van der Waals surface area contributed by atoms with Crippen LogP contribution in [0.1, 0.15) is 10.4 Å². The first-order valence-corrected chi connectivity index (χ1v) is 9.99. The van der Waals surface area contributed by atoms with Gasteiger partial charge >= 0.3 is 0 Å². The molecule has 2 N–H and O–H groups in total. The molecule has 0 bridgehead atoms. The molecular formula is C15H14F2N4O5S2. The predicted molar refractivity (Wildman–Crippen MR) is 96.7 cm³/mol. The van der Waals surface area contributed by atoms with Crippen LogP contribution in [-0.4, -0.2) is 43.1 Å². The van der Waals surface area contributed by atoms with Gasteiger partial charge in [0.2, 0.25) is 10.0 Å². The molecule has 0 aliphatic carbocycles. The number of benzene rings is 1. The van der Waals surface area contributed by atoms with Crippen LogP contribution in [-0.2, 0) is 10.0 Å². The standard InChI is InChI=1S/C15H14F2N4O5S2/c16-15(17)27-14-12(5-2-6-19-14)13(22)18-7-8-20-28(25,26)11-4-1-3-10(9-11)21(23)24/h1-6,9,15,20H,7-8H2,(H,18,22). The fraction of sp³-hybridized carbons (Fsp3) is 0.200. The van der Waals surface area contributed by atoms with E-state index in [0.29, 0.717) is 0 Å². The molecule has 0 saturated heterocycles. The molecule has 2 aromatic rings. The second-order valence-corrected chi connectivity index (χ2v) is 7.89. The maximum atomic E-state index is 12.5. The monoisotopic (exact) mass is 432 g/mol. The zero-order chi connectivity index (χ0) is 20.7. The largest absolute Gasteiger partial charge is 0.351 e. The second-order valence-electron chi connectivity index (χ2n) is 5.14. The number of aromatic nitrogens is 1. The van der Waals surface area contributed by atoms with Crippen LogP contribution in [0.3, 0.4) is 0 Å². The van der Waals surface area contributed by atoms with Crippen LogP contribution in [0.2, 0.25) is 0 Å². The van der Waals surface area contributed by atoms with E-state index in [-0.39, 0.29) is 46.0 Å². The van der Waals surface area contributed by atoms with Gasteiger partial charge in [0.1, 0.15) is 5.03 Å². The number of nitro groups is 1. The number of hydrogen-bond acceptors (Lipinski definition) is 7. The van der Waals surface area contributed by atoms with Crippen LogP contribution < -0.4 is 10.0 Å². The van der Waals surface area contributed by atoms with E-state index in [1.165, 1.54) is 30.5 Å². The van der Waals surface area contributed by atoms with Crippen molar-refractivity contribution in [3.63, 3.8) is 0 Å². The molecule has 1 aromatic carbocycles. The number of rotatable bonds is 9. The van der Waals surface area contributed by atoms with Gasteiger partial charge in [0, 0.05) is 31.4 Å². The lowest BCUT2D eigenvalue weighted by atomic mass is 10.2. The zero-order valence-electron chi connectivity index (χ0n) is 14.0. The van der Waals surface area contributed by atoms with Gasteiger partial charge in [-0.25, -0.2) is 18.1 Å². The molecule has 9 nitrogen and oxygen atoms in total. The molecule has 0 aliphatic rings. The lowest BCUT2D eigenvalue weighted by Crippen LogP contribution is -2.35. The number of non-ortho nitro benzene ring substituents is 1. The van der Waals surface area contributed by atoms with Gasteiger partial charge in [-0.1, -0.05) is 6.07 Å². The summed E-state index contributed by atoms with van der Waals surface area (Å²) in [5.41, 5.74) is -0.439. The van der Waals surface area contributed by atoms with Gasteiger partial charge in [0.15, 0.2) is 0 Å². The Kier molecular flexibility index (Phi) is 7.37. The van der Waals surface area contributed by atoms with E-state index in [9.17, 15) is 32.1 Å². The van der Waals surface area contributed by atoms with Crippen molar-refractivity contribution in [2.24, 2.45) is 0 Å². The second kappa shape index (κ2) is 9.52. The molecule has 0 unspecified atom stereocenters. The van der Waals surface area contributed by atoms with Crippen molar-refractivity contribution in [3.05, 3.63) is 58.3 Å². The predicted octanol–water partition coefficient (Wildman–Crippen LogP) is 2.01. The number of carbonyl (C=O) groups excluding carboxylic acids is 1. The Morgan fingerprint density at radius 1 is 1.25 bits per heavy atom. The number of amides is 1. The van der Waals surface area contributed by atoms with Crippen molar-refractivity contribution in [2.75, 3.05) is 13.1 Å². The minimum Gasteiger partial charge on any atom is -0.351 e. The number of hydrogen-bond donors (Lipinski definition) is 2. The van der Waals surface area contributed by atoms with Crippen molar-refractivity contribution >= 4 is 33.4 Å². The third kappa shape index (κ3) is 5.94. The first-order chi connectivity index (χ1) is 13.2. The van der Waals surface area contributed by atoms with Gasteiger partial charge in [0.25, 0.3) is 17.4 Å². The Morgan fingerprint density at radius 2 is 2.00 bits per heavy atom. The molecule has 1 amide bonds. The highest BCUT2D eigenvalue weighted by atomic mass is 32.2. The van der Waals surface area contributed by atoms with Gasteiger partial charge in [-0.05, 0) is 30.0 Å². The van der Waals surface area contributed by atoms with Crippen LogP contribution in [0, 0.1) is 10.1 Å². The third-order valence-corrected chi connectivity index (χ3v) is 5.44. The van der Waals surface area contributed by atoms with E-state index in [0.717, 1.165) is 12.1 Å². The minimum absolute atomic E-state index is 0.0608. The summed E-state index contributed by atoms with van der Waals surface area (Å²) in [4.78, 5) is 25.5. The van der Waals surface area contributed by atoms with Crippen molar-refractivity contribution < 1.29 is 26.9 Å². The number of nitrogens with zero attached hydrogens (tertiary/aromatic N) is 2. The Balaban J connectivity index is 1.94. The maximum Gasteiger partial charge on any atom is 0.290 e. The first-order valence-electron chi connectivity index (χ1n) is 7.63. The zero-order valence-corrected chi connectivity index (χ0v) is 15.7. The lowest BCUT2D eigenvalue weighted by Gasteiger charge is -2.10. The molecule has 0 fully saturated rings. The van der Waals surface area contributed by atoms with Crippen molar-refractivity contribution in [1.82, 2.24) is 15.0 Å². The van der Waals surface area contributed by atoms with Crippen molar-refractivity contribution in [2.45, 2.75) is 15.7 Å². The van der Waals surface area contributed by atoms with Gasteiger partial charge in [0.05, 0.1) is 15.4 Å². The van der Waals surface area contributed by atoms with E-state index >= 15 is 0 Å². The Hall–Kier alpha value is -2.64. The molecule has 28 heavy (non-hydrogen) atoms. The van der Waals surface area contributed by atoms with Gasteiger partial charge < -0.3 is 5.32 Å². The molecule has 0 radical (unpaired) electrons. The number of halogens is 2. The average Bonchev–Trinajstić information content (AvgIpc) is 2.65. The van der Waals surface area contributed by atoms with Crippen LogP contribution in [0.25, 0.3) is 0 Å². The molecule has 0 saturated carbocycles. The molecule has 0 atom stereocenters. The highest BCUT2D eigenvalue weighted by Crippen LogP contribution is 2.26. The molecular weight excluding hydrogens is 418 g/mol. The van der Waals surface area contributed by atoms with Crippen LogP contribution in [0.5, 0.6) is 0 Å². The third-order valence-electron chi connectivity index (χ3n) is 3.26. The van der Waals surface area contributed by atoms with Gasteiger partial charge in [-0.2, -0.15) is 8.78 Å². The Bertz CT molecular complexity index is 972. The first kappa shape index (κ1) is 21.7. The summed E-state index contributed by atoms with van der Waals surface area (Å²) in [5, 5.41) is 13.0. The molecule has 150 valence electrons. The van der Waals surface area contributed by atoms with E-state index in [1.54, 1.807) is 0 Å². The number of carbonyl (C=O) groups is 1. The normalized spacial score (nSPS) is 11.4. The fourth-order valence-corrected chi connectivity index (χ4v) is 3.70. The van der Waals surface area contributed by atoms with Crippen molar-refractivity contribution in [1.29, 1.82) is 0 Å². The lowest BCUT2D eigenvalue weighted by molar-refractivity contribution is -0.385. The maximum absolute atomic E-state index is 12.5. The average molecular weight is 432 g/mol. The molecule has 1 aromatic heterocycles. The summed E-state index contributed by atoms with van der Waals surface area (Å²) >= 11 is 0.126. The van der Waals surface area contributed by atoms with Crippen LogP contribution in [0.4, 0.5) is 14.5 Å². The number of pyridine rings is 1. The summed E-state index contributed by atoms with van der Waals surface area (Å²) < 4.78 is 51.5. The van der Waals surface area contributed by atoms with E-state index in [4.69, 9.17) is 0 Å². The number of thioether (sulfide) groups is 1. The molecule has 2 rings (SSSR count). The van der Waals surface area contributed by atoms with E-state index in [1.807, 2.05) is 0 Å². The highest BCUT2D eigenvalue weighted by Gasteiger charge is 2.18. The number of nitro benzene ring substituents is 1. The van der Waals surface area contributed by atoms with Gasteiger partial charge in [-0.15, -0.1) is 0 Å². The SMILES string of the molecule is O=C(NCCNS(=O)(=O)c1cccc([N+](=O)[O-])c1)c1cccnc1SC(F)F. The summed E-state index contributed by atoms with van der Waals surface area (Å²) in [6.07, 6.45) is 1.27. The number of alkyl halides is 2. The molecule has 0 spiro atoms. The van der Waals surface area contributed by atoms with Crippen LogP contribution in [0.15, 0.2) is 52.5 Å².